The fourth-order valence-electron chi connectivity index (χ4n) is 3.52. The molecule has 13 heteroatoms. The number of amides is 1. The van der Waals surface area contributed by atoms with Gasteiger partial charge < -0.3 is 19.9 Å². The molecule has 0 atom stereocenters. The zero-order valence-electron chi connectivity index (χ0n) is 18.2. The molecule has 0 aliphatic carbocycles. The molecule has 0 spiro atoms. The van der Waals surface area contributed by atoms with Gasteiger partial charge in [-0.15, -0.1) is 13.2 Å². The third-order valence-electron chi connectivity index (χ3n) is 5.14. The summed E-state index contributed by atoms with van der Waals surface area (Å²) in [5.74, 6) is -0.0531. The molecule has 3 heterocycles. The number of hydrogen-bond donors (Lipinski definition) is 2. The molecular weight excluding hydrogens is 483 g/mol. The average molecular weight is 501 g/mol. The summed E-state index contributed by atoms with van der Waals surface area (Å²) in [6, 6.07) is 11.0. The van der Waals surface area contributed by atoms with Gasteiger partial charge in [-0.25, -0.2) is 9.97 Å². The molecule has 2 aromatic carbocycles. The Hall–Kier alpha value is -4.13. The van der Waals surface area contributed by atoms with Crippen LogP contribution >= 0.6 is 11.3 Å². The topological polar surface area (TPSA) is 98.9 Å². The van der Waals surface area contributed by atoms with Crippen LogP contribution < -0.4 is 15.4 Å². The van der Waals surface area contributed by atoms with Gasteiger partial charge in [0.25, 0.3) is 5.91 Å². The van der Waals surface area contributed by atoms with Crippen LogP contribution in [0, 0.1) is 0 Å². The van der Waals surface area contributed by atoms with Crippen LogP contribution in [0.5, 0.6) is 5.75 Å². The summed E-state index contributed by atoms with van der Waals surface area (Å²) >= 11 is 1.17. The molecule has 0 saturated heterocycles. The standard InChI is InChI=1S/C22H18F3N7O2S/c1-31-17-6-3-13(19(33)26-8-10-32-9-2-7-27-32)11-16(17)28-20(31)30-21-29-15-5-4-14(12-18(15)35-21)34-22(23,24)25/h2-7,9,11-12H,8,10H2,1H3,(H,26,33)(H,28,29,30). The Morgan fingerprint density at radius 3 is 2.77 bits per heavy atom. The molecule has 0 fully saturated rings. The first-order valence-corrected chi connectivity index (χ1v) is 11.2. The predicted molar refractivity (Wildman–Crippen MR) is 125 cm³/mol. The third kappa shape index (κ3) is 5.04. The van der Waals surface area contributed by atoms with E-state index in [1.165, 1.54) is 29.5 Å². The van der Waals surface area contributed by atoms with Crippen LogP contribution in [0.4, 0.5) is 24.3 Å². The molecule has 0 radical (unpaired) electrons. The van der Waals surface area contributed by atoms with E-state index in [1.54, 1.807) is 33.6 Å². The molecule has 5 aromatic rings. The molecule has 0 aliphatic heterocycles. The highest BCUT2D eigenvalue weighted by atomic mass is 32.1. The number of nitrogens with zero attached hydrogens (tertiary/aromatic N) is 5. The second kappa shape index (κ2) is 8.91. The second-order valence-corrected chi connectivity index (χ2v) is 8.57. The third-order valence-corrected chi connectivity index (χ3v) is 6.07. The van der Waals surface area contributed by atoms with Crippen molar-refractivity contribution in [2.75, 3.05) is 11.9 Å². The van der Waals surface area contributed by atoms with Gasteiger partial charge in [-0.05, 0) is 36.4 Å². The number of halogens is 3. The molecule has 0 saturated carbocycles. The maximum atomic E-state index is 12.5. The molecule has 180 valence electrons. The highest BCUT2D eigenvalue weighted by Gasteiger charge is 2.31. The van der Waals surface area contributed by atoms with Gasteiger partial charge in [-0.1, -0.05) is 11.3 Å². The zero-order chi connectivity index (χ0) is 24.6. The SMILES string of the molecule is Cn1c(Nc2nc3ccc(OC(F)(F)F)cc3s2)nc2cc(C(=O)NCCn3cccn3)ccc21. The van der Waals surface area contributed by atoms with Crippen LogP contribution in [0.3, 0.4) is 0 Å². The summed E-state index contributed by atoms with van der Waals surface area (Å²) in [6.07, 6.45) is -1.26. The summed E-state index contributed by atoms with van der Waals surface area (Å²) in [5.41, 5.74) is 2.40. The lowest BCUT2D eigenvalue weighted by Crippen LogP contribution is -2.27. The van der Waals surface area contributed by atoms with Crippen LogP contribution in [-0.4, -0.2) is 43.1 Å². The maximum absolute atomic E-state index is 12.5. The Bertz CT molecular complexity index is 1510. The van der Waals surface area contributed by atoms with Crippen molar-refractivity contribution in [3.8, 4) is 5.75 Å². The van der Waals surface area contributed by atoms with Crippen molar-refractivity contribution in [3.05, 3.63) is 60.4 Å². The Balaban J connectivity index is 1.32. The number of carbonyl (C=O) groups excluding carboxylic acids is 1. The fourth-order valence-corrected chi connectivity index (χ4v) is 4.41. The number of anilines is 2. The number of aromatic nitrogens is 5. The van der Waals surface area contributed by atoms with Gasteiger partial charge in [0.2, 0.25) is 5.95 Å². The van der Waals surface area contributed by atoms with Crippen LogP contribution in [0.15, 0.2) is 54.9 Å². The summed E-state index contributed by atoms with van der Waals surface area (Å²) in [5, 5.41) is 10.5. The number of fused-ring (bicyclic) bond motifs is 2. The molecule has 35 heavy (non-hydrogen) atoms. The van der Waals surface area contributed by atoms with E-state index in [4.69, 9.17) is 0 Å². The number of aryl methyl sites for hydroxylation is 1. The molecule has 2 N–H and O–H groups in total. The van der Waals surface area contributed by atoms with Crippen molar-refractivity contribution in [2.24, 2.45) is 7.05 Å². The van der Waals surface area contributed by atoms with Gasteiger partial charge in [-0.3, -0.25) is 9.48 Å². The number of ether oxygens (including phenoxy) is 1. The number of alkyl halides is 3. The van der Waals surface area contributed by atoms with Crippen molar-refractivity contribution < 1.29 is 22.7 Å². The van der Waals surface area contributed by atoms with Crippen LogP contribution in [0.1, 0.15) is 10.4 Å². The highest BCUT2D eigenvalue weighted by molar-refractivity contribution is 7.22. The quantitative estimate of drug-likeness (QED) is 0.342. The van der Waals surface area contributed by atoms with Crippen molar-refractivity contribution in [2.45, 2.75) is 12.9 Å². The Morgan fingerprint density at radius 1 is 1.14 bits per heavy atom. The molecule has 9 nitrogen and oxygen atoms in total. The number of rotatable bonds is 7. The van der Waals surface area contributed by atoms with E-state index in [0.717, 1.165) is 5.52 Å². The van der Waals surface area contributed by atoms with Gasteiger partial charge in [0, 0.05) is 37.6 Å². The van der Waals surface area contributed by atoms with Crippen molar-refractivity contribution in [1.82, 2.24) is 29.6 Å². The van der Waals surface area contributed by atoms with Crippen LogP contribution in [0.2, 0.25) is 0 Å². The number of thiazole rings is 1. The van der Waals surface area contributed by atoms with Crippen LogP contribution in [0.25, 0.3) is 21.3 Å². The predicted octanol–water partition coefficient (Wildman–Crippen LogP) is 4.45. The average Bonchev–Trinajstić information content (AvgIpc) is 3.52. The first kappa shape index (κ1) is 22.7. The second-order valence-electron chi connectivity index (χ2n) is 7.54. The lowest BCUT2D eigenvalue weighted by molar-refractivity contribution is -0.274. The van der Waals surface area contributed by atoms with E-state index < -0.39 is 6.36 Å². The van der Waals surface area contributed by atoms with E-state index >= 15 is 0 Å². The minimum absolute atomic E-state index is 0.220. The molecule has 3 aromatic heterocycles. The number of imidazole rings is 1. The molecule has 0 bridgehead atoms. The molecule has 5 rings (SSSR count). The summed E-state index contributed by atoms with van der Waals surface area (Å²) in [6.45, 7) is 0.992. The number of hydrogen-bond acceptors (Lipinski definition) is 7. The van der Waals surface area contributed by atoms with Gasteiger partial charge in [0.15, 0.2) is 5.13 Å². The van der Waals surface area contributed by atoms with Crippen molar-refractivity contribution >= 4 is 49.6 Å². The Morgan fingerprint density at radius 2 is 2.00 bits per heavy atom. The largest absolute Gasteiger partial charge is 0.573 e. The number of nitrogens with one attached hydrogen (secondary N) is 2. The molecule has 0 unspecified atom stereocenters. The minimum Gasteiger partial charge on any atom is -0.406 e. The molecule has 1 amide bonds. The fraction of sp³-hybridized carbons (Fsp3) is 0.182. The first-order valence-electron chi connectivity index (χ1n) is 10.4. The maximum Gasteiger partial charge on any atom is 0.573 e. The zero-order valence-corrected chi connectivity index (χ0v) is 19.0. The van der Waals surface area contributed by atoms with E-state index in [9.17, 15) is 18.0 Å². The van der Waals surface area contributed by atoms with E-state index in [1.807, 2.05) is 19.3 Å². The lowest BCUT2D eigenvalue weighted by atomic mass is 10.2. The highest BCUT2D eigenvalue weighted by Crippen LogP contribution is 2.33. The smallest absolute Gasteiger partial charge is 0.406 e. The van der Waals surface area contributed by atoms with Gasteiger partial charge in [-0.2, -0.15) is 5.10 Å². The van der Waals surface area contributed by atoms with Gasteiger partial charge in [0.05, 0.1) is 27.8 Å². The Labute approximate surface area is 200 Å². The molecule has 0 aliphatic rings. The summed E-state index contributed by atoms with van der Waals surface area (Å²) < 4.78 is 45.5. The van der Waals surface area contributed by atoms with Crippen molar-refractivity contribution in [3.63, 3.8) is 0 Å². The molecular formula is C22H18F3N7O2S. The van der Waals surface area contributed by atoms with Gasteiger partial charge >= 0.3 is 6.36 Å². The summed E-state index contributed by atoms with van der Waals surface area (Å²) in [7, 11) is 1.81. The monoisotopic (exact) mass is 501 g/mol. The van der Waals surface area contributed by atoms with E-state index in [2.05, 4.69) is 30.4 Å². The van der Waals surface area contributed by atoms with Crippen LogP contribution in [-0.2, 0) is 13.6 Å². The van der Waals surface area contributed by atoms with Gasteiger partial charge in [0.1, 0.15) is 5.75 Å². The van der Waals surface area contributed by atoms with Crippen molar-refractivity contribution in [1.29, 1.82) is 0 Å². The first-order chi connectivity index (χ1) is 16.7. The minimum atomic E-state index is -4.76. The van der Waals surface area contributed by atoms with E-state index in [0.29, 0.717) is 45.5 Å². The summed E-state index contributed by atoms with van der Waals surface area (Å²) in [4.78, 5) is 21.5. The number of benzene rings is 2. The number of carbonyl (C=O) groups is 1. The van der Waals surface area contributed by atoms with E-state index in [-0.39, 0.29) is 11.7 Å². The Kier molecular flexibility index (Phi) is 5.76. The normalized spacial score (nSPS) is 11.8. The lowest BCUT2D eigenvalue weighted by Gasteiger charge is -2.07.